The highest BCUT2D eigenvalue weighted by Crippen LogP contribution is 2.46. The second-order valence-corrected chi connectivity index (χ2v) is 12.9. The molecule has 1 saturated carbocycles. The molecule has 1 aromatic heterocycles. The second-order valence-electron chi connectivity index (χ2n) is 10.9. The minimum atomic E-state index is -5.08. The van der Waals surface area contributed by atoms with Crippen molar-refractivity contribution in [1.29, 1.82) is 0 Å². The monoisotopic (exact) mass is 641 g/mol. The maximum Gasteiger partial charge on any atom is 0.420 e. The van der Waals surface area contributed by atoms with Crippen molar-refractivity contribution in [3.8, 4) is 5.75 Å². The van der Waals surface area contributed by atoms with Crippen LogP contribution in [0, 0.1) is 0 Å². The van der Waals surface area contributed by atoms with E-state index in [-0.39, 0.29) is 31.4 Å². The molecule has 2 aromatic rings. The van der Waals surface area contributed by atoms with Gasteiger partial charge in [-0.15, -0.1) is 0 Å². The number of aromatic carboxylic acids is 1. The van der Waals surface area contributed by atoms with Gasteiger partial charge < -0.3 is 14.7 Å². The Morgan fingerprint density at radius 3 is 2.40 bits per heavy atom. The molecule has 2 aliphatic rings. The number of carboxylic acids is 1. The minimum Gasteiger partial charge on any atom is -0.488 e. The number of halogens is 7. The molecule has 0 spiro atoms. The van der Waals surface area contributed by atoms with Crippen LogP contribution in [-0.4, -0.2) is 66.3 Å². The highest BCUT2D eigenvalue weighted by molar-refractivity contribution is 7.89. The first kappa shape index (κ1) is 32.8. The average molecular weight is 642 g/mol. The highest BCUT2D eigenvalue weighted by Gasteiger charge is 2.45. The van der Waals surface area contributed by atoms with E-state index in [9.17, 15) is 49.1 Å². The number of ether oxygens (including phenoxy) is 1. The van der Waals surface area contributed by atoms with Gasteiger partial charge in [0, 0.05) is 62.8 Å². The topological polar surface area (TPSA) is 100 Å². The lowest BCUT2D eigenvalue weighted by atomic mass is 9.90. The summed E-state index contributed by atoms with van der Waals surface area (Å²) in [5, 5.41) is 9.36. The first-order chi connectivity index (χ1) is 19.8. The molecule has 1 atom stereocenters. The Morgan fingerprint density at radius 1 is 1.16 bits per heavy atom. The van der Waals surface area contributed by atoms with E-state index in [1.165, 1.54) is 23.2 Å². The Hall–Kier alpha value is -3.14. The number of hydrogen-bond acceptors (Lipinski definition) is 6. The summed E-state index contributed by atoms with van der Waals surface area (Å²) in [6.45, 7) is -0.349. The Morgan fingerprint density at radius 2 is 1.81 bits per heavy atom. The van der Waals surface area contributed by atoms with Crippen molar-refractivity contribution in [2.75, 3.05) is 18.5 Å². The van der Waals surface area contributed by atoms with E-state index in [1.54, 1.807) is 0 Å². The third-order valence-electron chi connectivity index (χ3n) is 7.78. The molecule has 0 saturated heterocycles. The maximum atomic E-state index is 14.4. The number of carbonyl (C=O) groups is 1. The van der Waals surface area contributed by atoms with Crippen LogP contribution in [0.1, 0.15) is 67.1 Å². The quantitative estimate of drug-likeness (QED) is 0.343. The lowest BCUT2D eigenvalue weighted by Gasteiger charge is -2.40. The minimum absolute atomic E-state index is 0.0802. The SMILES string of the molecule is CN1[C@H](CCC(C)(F)F)CN(C2CCC(F)(F)CC2)c2cc(C(F)(F)F)c(OCc3cccnc3C(=O)O)cc2S1(=O)=O. The fraction of sp³-hybridized carbons (Fsp3) is 0.556. The summed E-state index contributed by atoms with van der Waals surface area (Å²) in [5.74, 6) is -8.53. The van der Waals surface area contributed by atoms with Gasteiger partial charge >= 0.3 is 12.1 Å². The lowest BCUT2D eigenvalue weighted by Crippen LogP contribution is -2.47. The first-order valence-electron chi connectivity index (χ1n) is 13.4. The standard InChI is InChI=1S/C27H30F7N3O5S/c1-25(28,29)8-5-18-14-37(17-6-9-26(30,31)10-7-17)20-12-19(27(32,33)34)21(13-22(20)43(40,41)36(18)2)42-15-16-4-3-11-35-23(16)24(38)39/h3-4,11-13,17-18H,5-10,14-15H2,1-2H3,(H,38,39)/t18-/m1/s1. The van der Waals surface area contributed by atoms with E-state index < -0.39 is 99.6 Å². The predicted octanol–water partition coefficient (Wildman–Crippen LogP) is 6.20. The van der Waals surface area contributed by atoms with Crippen molar-refractivity contribution in [3.05, 3.63) is 47.3 Å². The summed E-state index contributed by atoms with van der Waals surface area (Å²) in [5.41, 5.74) is -2.34. The third kappa shape index (κ3) is 7.33. The number of aromatic nitrogens is 1. The van der Waals surface area contributed by atoms with Crippen molar-refractivity contribution in [2.24, 2.45) is 0 Å². The molecule has 43 heavy (non-hydrogen) atoms. The summed E-state index contributed by atoms with van der Waals surface area (Å²) in [4.78, 5) is 15.9. The van der Waals surface area contributed by atoms with Crippen LogP contribution < -0.4 is 9.64 Å². The fourth-order valence-corrected chi connectivity index (χ4v) is 6.96. The smallest absolute Gasteiger partial charge is 0.420 e. The van der Waals surface area contributed by atoms with E-state index >= 15 is 0 Å². The zero-order valence-electron chi connectivity index (χ0n) is 23.2. The van der Waals surface area contributed by atoms with Gasteiger partial charge in [0.25, 0.3) is 0 Å². The predicted molar refractivity (Wildman–Crippen MR) is 140 cm³/mol. The van der Waals surface area contributed by atoms with Crippen LogP contribution in [0.3, 0.4) is 0 Å². The van der Waals surface area contributed by atoms with E-state index in [0.717, 1.165) is 11.4 Å². The van der Waals surface area contributed by atoms with Gasteiger partial charge in [0.1, 0.15) is 17.3 Å². The van der Waals surface area contributed by atoms with Gasteiger partial charge in [0.2, 0.25) is 21.9 Å². The molecule has 0 amide bonds. The van der Waals surface area contributed by atoms with Crippen molar-refractivity contribution >= 4 is 21.7 Å². The van der Waals surface area contributed by atoms with Crippen molar-refractivity contribution in [3.63, 3.8) is 0 Å². The summed E-state index contributed by atoms with van der Waals surface area (Å²) in [6.07, 6.45) is -6.45. The molecule has 238 valence electrons. The van der Waals surface area contributed by atoms with Crippen molar-refractivity contribution in [1.82, 2.24) is 9.29 Å². The Labute approximate surface area is 243 Å². The van der Waals surface area contributed by atoms with E-state index in [4.69, 9.17) is 4.74 Å². The van der Waals surface area contributed by atoms with Crippen LogP contribution in [0.25, 0.3) is 0 Å². The molecular formula is C27H30F7N3O5S. The second kappa shape index (κ2) is 11.7. The molecule has 16 heteroatoms. The zero-order valence-corrected chi connectivity index (χ0v) is 24.0. The van der Waals surface area contributed by atoms with Gasteiger partial charge in [-0.05, 0) is 38.3 Å². The first-order valence-corrected chi connectivity index (χ1v) is 14.8. The molecule has 4 rings (SSSR count). The number of nitrogens with zero attached hydrogens (tertiary/aromatic N) is 3. The Balaban J connectivity index is 1.84. The number of hydrogen-bond donors (Lipinski definition) is 1. The Bertz CT molecular complexity index is 1450. The average Bonchev–Trinajstić information content (AvgIpc) is 2.98. The molecule has 1 fully saturated rings. The van der Waals surface area contributed by atoms with Gasteiger partial charge in [0.15, 0.2) is 5.69 Å². The molecular weight excluding hydrogens is 611 g/mol. The van der Waals surface area contributed by atoms with Crippen molar-refractivity contribution < 1.29 is 53.8 Å². The molecule has 1 N–H and O–H groups in total. The summed E-state index contributed by atoms with van der Waals surface area (Å²) in [6, 6.07) is 1.96. The molecule has 1 aliphatic heterocycles. The van der Waals surface area contributed by atoms with Crippen LogP contribution in [0.5, 0.6) is 5.75 Å². The maximum absolute atomic E-state index is 14.4. The summed E-state index contributed by atoms with van der Waals surface area (Å²) < 4.78 is 132. The van der Waals surface area contributed by atoms with Crippen LogP contribution in [0.15, 0.2) is 35.4 Å². The van der Waals surface area contributed by atoms with Crippen molar-refractivity contribution in [2.45, 2.75) is 87.1 Å². The van der Waals surface area contributed by atoms with E-state index in [1.807, 2.05) is 0 Å². The number of likely N-dealkylation sites (N-methyl/N-ethyl adjacent to an activating group) is 1. The molecule has 2 heterocycles. The zero-order chi connectivity index (χ0) is 32.0. The van der Waals surface area contributed by atoms with Crippen LogP contribution in [0.2, 0.25) is 0 Å². The van der Waals surface area contributed by atoms with Gasteiger partial charge in [-0.1, -0.05) is 6.07 Å². The number of rotatable bonds is 8. The number of anilines is 1. The van der Waals surface area contributed by atoms with E-state index in [2.05, 4.69) is 4.98 Å². The van der Waals surface area contributed by atoms with Gasteiger partial charge in [-0.3, -0.25) is 0 Å². The molecule has 1 aromatic carbocycles. The van der Waals surface area contributed by atoms with Crippen LogP contribution >= 0.6 is 0 Å². The number of pyridine rings is 1. The van der Waals surface area contributed by atoms with Crippen LogP contribution in [0.4, 0.5) is 36.4 Å². The molecule has 8 nitrogen and oxygen atoms in total. The normalized spacial score (nSPS) is 21.2. The van der Waals surface area contributed by atoms with Crippen LogP contribution in [-0.2, 0) is 22.8 Å². The fourth-order valence-electron chi connectivity index (χ4n) is 5.39. The third-order valence-corrected chi connectivity index (χ3v) is 9.71. The summed E-state index contributed by atoms with van der Waals surface area (Å²) >= 11 is 0. The number of carboxylic acid groups (broad SMARTS) is 1. The molecule has 0 bridgehead atoms. The molecule has 0 unspecified atom stereocenters. The number of fused-ring (bicyclic) bond motifs is 1. The lowest BCUT2D eigenvalue weighted by molar-refractivity contribution is -0.139. The van der Waals surface area contributed by atoms with Gasteiger partial charge in [0.05, 0.1) is 11.3 Å². The number of alkyl halides is 7. The van der Waals surface area contributed by atoms with E-state index in [0.29, 0.717) is 19.1 Å². The van der Waals surface area contributed by atoms with Gasteiger partial charge in [-0.2, -0.15) is 17.5 Å². The summed E-state index contributed by atoms with van der Waals surface area (Å²) in [7, 11) is -3.48. The molecule has 0 radical (unpaired) electrons. The number of benzene rings is 1. The van der Waals surface area contributed by atoms with Gasteiger partial charge in [-0.25, -0.2) is 35.8 Å². The Kier molecular flexibility index (Phi) is 8.95. The number of sulfonamides is 1. The highest BCUT2D eigenvalue weighted by atomic mass is 32.2. The largest absolute Gasteiger partial charge is 0.488 e. The molecule has 1 aliphatic carbocycles.